The molecule has 0 atom stereocenters. The summed E-state index contributed by atoms with van der Waals surface area (Å²) < 4.78 is 40.0. The number of nitrogens with zero attached hydrogens (tertiary/aromatic N) is 1. The third-order valence-corrected chi connectivity index (χ3v) is 2.21. The number of halogens is 3. The van der Waals surface area contributed by atoms with Crippen LogP contribution in [0.3, 0.4) is 0 Å². The maximum Gasteiger partial charge on any atom is 0.573 e. The van der Waals surface area contributed by atoms with E-state index in [1.807, 2.05) is 0 Å². The van der Waals surface area contributed by atoms with Crippen molar-refractivity contribution in [1.29, 1.82) is 5.26 Å². The molecule has 0 bridgehead atoms. The molecule has 0 heterocycles. The number of rotatable bonds is 5. The lowest BCUT2D eigenvalue weighted by Gasteiger charge is -2.12. The van der Waals surface area contributed by atoms with Crippen molar-refractivity contribution in [1.82, 2.24) is 5.32 Å². The molecule has 22 heavy (non-hydrogen) atoms. The summed E-state index contributed by atoms with van der Waals surface area (Å²) in [4.78, 5) is 21.7. The van der Waals surface area contributed by atoms with Gasteiger partial charge in [0, 0.05) is 12.2 Å². The first-order chi connectivity index (χ1) is 10.2. The zero-order valence-corrected chi connectivity index (χ0v) is 10.9. The van der Waals surface area contributed by atoms with Crippen molar-refractivity contribution in [2.45, 2.75) is 12.8 Å². The van der Waals surface area contributed by atoms with Gasteiger partial charge in [-0.15, -0.1) is 13.2 Å². The molecule has 1 aromatic rings. The zero-order valence-electron chi connectivity index (χ0n) is 10.9. The number of hydrogen-bond acceptors (Lipinski definition) is 4. The highest BCUT2D eigenvalue weighted by atomic mass is 19.4. The Morgan fingerprint density at radius 1 is 1.36 bits per heavy atom. The van der Waals surface area contributed by atoms with Crippen LogP contribution >= 0.6 is 0 Å². The van der Waals surface area contributed by atoms with Crippen molar-refractivity contribution in [2.75, 3.05) is 11.9 Å². The van der Waals surface area contributed by atoms with Crippen molar-refractivity contribution in [3.05, 3.63) is 23.8 Å². The highest BCUT2D eigenvalue weighted by Crippen LogP contribution is 2.28. The maximum absolute atomic E-state index is 12.1. The molecule has 0 aliphatic heterocycles. The van der Waals surface area contributed by atoms with Gasteiger partial charge < -0.3 is 20.5 Å². The molecular formula is C12H10F3N3O4. The molecule has 0 saturated carbocycles. The highest BCUT2D eigenvalue weighted by molar-refractivity contribution is 5.89. The number of ether oxygens (including phenoxy) is 1. The molecule has 0 radical (unpaired) electrons. The van der Waals surface area contributed by atoms with Gasteiger partial charge in [-0.2, -0.15) is 5.26 Å². The SMILES string of the molecule is N#Cc1cc(NC(=O)NCCC(=O)O)ccc1OC(F)(F)F. The number of carboxylic acids is 1. The largest absolute Gasteiger partial charge is 0.573 e. The van der Waals surface area contributed by atoms with E-state index in [0.717, 1.165) is 18.2 Å². The maximum atomic E-state index is 12.1. The number of amides is 2. The van der Waals surface area contributed by atoms with Crippen molar-refractivity contribution in [3.63, 3.8) is 0 Å². The number of anilines is 1. The zero-order chi connectivity index (χ0) is 16.8. The number of carboxylic acid groups (broad SMARTS) is 1. The molecule has 0 aromatic heterocycles. The van der Waals surface area contributed by atoms with Gasteiger partial charge >= 0.3 is 18.4 Å². The fourth-order valence-corrected chi connectivity index (χ4v) is 1.37. The number of hydrogen-bond donors (Lipinski definition) is 3. The molecule has 0 spiro atoms. The van der Waals surface area contributed by atoms with Crippen LogP contribution in [0.1, 0.15) is 12.0 Å². The summed E-state index contributed by atoms with van der Waals surface area (Å²) in [6.45, 7) is -0.123. The Hall–Kier alpha value is -2.96. The topological polar surface area (TPSA) is 111 Å². The lowest BCUT2D eigenvalue weighted by Crippen LogP contribution is -2.30. The van der Waals surface area contributed by atoms with E-state index >= 15 is 0 Å². The molecule has 7 nitrogen and oxygen atoms in total. The van der Waals surface area contributed by atoms with E-state index in [4.69, 9.17) is 10.4 Å². The van der Waals surface area contributed by atoms with Crippen molar-refractivity contribution >= 4 is 17.7 Å². The second kappa shape index (κ2) is 7.16. The summed E-state index contributed by atoms with van der Waals surface area (Å²) in [7, 11) is 0. The highest BCUT2D eigenvalue weighted by Gasteiger charge is 2.32. The van der Waals surface area contributed by atoms with Gasteiger partial charge in [0.1, 0.15) is 11.8 Å². The molecule has 10 heteroatoms. The molecule has 3 N–H and O–H groups in total. The summed E-state index contributed by atoms with van der Waals surface area (Å²) in [6.07, 6.45) is -5.22. The van der Waals surface area contributed by atoms with Gasteiger partial charge in [0.15, 0.2) is 0 Å². The minimum absolute atomic E-state index is 0.0545. The van der Waals surface area contributed by atoms with Crippen LogP contribution in [0.5, 0.6) is 5.75 Å². The van der Waals surface area contributed by atoms with Crippen LogP contribution < -0.4 is 15.4 Å². The van der Waals surface area contributed by atoms with Crippen LogP contribution in [0.4, 0.5) is 23.7 Å². The molecule has 1 aromatic carbocycles. The average molecular weight is 317 g/mol. The summed E-state index contributed by atoms with van der Waals surface area (Å²) >= 11 is 0. The quantitative estimate of drug-likeness (QED) is 0.769. The Morgan fingerprint density at radius 3 is 2.59 bits per heavy atom. The number of aliphatic carboxylic acids is 1. The third kappa shape index (κ3) is 6.00. The summed E-state index contributed by atoms with van der Waals surface area (Å²) in [5.41, 5.74) is -0.362. The average Bonchev–Trinajstić information content (AvgIpc) is 2.38. The van der Waals surface area contributed by atoms with E-state index in [1.54, 1.807) is 0 Å². The van der Waals surface area contributed by atoms with Gasteiger partial charge in [-0.25, -0.2) is 4.79 Å². The second-order valence-corrected chi connectivity index (χ2v) is 3.90. The number of benzene rings is 1. The van der Waals surface area contributed by atoms with Crippen LogP contribution in [-0.2, 0) is 4.79 Å². The Balaban J connectivity index is 2.71. The van der Waals surface area contributed by atoms with Gasteiger partial charge in [-0.1, -0.05) is 0 Å². The Labute approximate surface area is 122 Å². The summed E-state index contributed by atoms with van der Waals surface area (Å²) in [6, 6.07) is 3.76. The van der Waals surface area contributed by atoms with Crippen LogP contribution in [-0.4, -0.2) is 30.0 Å². The molecule has 118 valence electrons. The van der Waals surface area contributed by atoms with Gasteiger partial charge in [0.25, 0.3) is 0 Å². The van der Waals surface area contributed by atoms with Crippen LogP contribution in [0, 0.1) is 11.3 Å². The Bertz CT molecular complexity index is 611. The molecule has 0 aliphatic carbocycles. The number of carbonyl (C=O) groups excluding carboxylic acids is 1. The Morgan fingerprint density at radius 2 is 2.05 bits per heavy atom. The van der Waals surface area contributed by atoms with Gasteiger partial charge in [-0.05, 0) is 18.2 Å². The van der Waals surface area contributed by atoms with E-state index in [1.165, 1.54) is 6.07 Å². The van der Waals surface area contributed by atoms with Crippen molar-refractivity contribution < 1.29 is 32.6 Å². The minimum atomic E-state index is -4.94. The first kappa shape index (κ1) is 17.1. The molecule has 2 amide bonds. The number of carbonyl (C=O) groups is 2. The molecule has 0 saturated heterocycles. The smallest absolute Gasteiger partial charge is 0.481 e. The van der Waals surface area contributed by atoms with Gasteiger partial charge in [-0.3, -0.25) is 4.79 Å². The lowest BCUT2D eigenvalue weighted by atomic mass is 10.2. The predicted octanol–water partition coefficient (Wildman–Crippen LogP) is 2.05. The van der Waals surface area contributed by atoms with E-state index in [2.05, 4.69) is 15.4 Å². The van der Waals surface area contributed by atoms with Crippen molar-refractivity contribution in [3.8, 4) is 11.8 Å². The molecule has 0 unspecified atom stereocenters. The standard InChI is InChI=1S/C12H10F3N3O4/c13-12(14,15)22-9-2-1-8(5-7(9)6-16)18-11(21)17-4-3-10(19)20/h1-2,5H,3-4H2,(H,19,20)(H2,17,18,21). The predicted molar refractivity (Wildman–Crippen MR) is 67.1 cm³/mol. The van der Waals surface area contributed by atoms with Crippen LogP contribution in [0.15, 0.2) is 18.2 Å². The first-order valence-corrected chi connectivity index (χ1v) is 5.78. The third-order valence-electron chi connectivity index (χ3n) is 2.21. The van der Waals surface area contributed by atoms with E-state index in [9.17, 15) is 22.8 Å². The van der Waals surface area contributed by atoms with Gasteiger partial charge in [0.2, 0.25) is 0 Å². The first-order valence-electron chi connectivity index (χ1n) is 5.78. The summed E-state index contributed by atoms with van der Waals surface area (Å²) in [5, 5.41) is 21.7. The lowest BCUT2D eigenvalue weighted by molar-refractivity contribution is -0.274. The van der Waals surface area contributed by atoms with Gasteiger partial charge in [0.05, 0.1) is 12.0 Å². The van der Waals surface area contributed by atoms with Crippen LogP contribution in [0.2, 0.25) is 0 Å². The van der Waals surface area contributed by atoms with E-state index in [-0.39, 0.29) is 18.7 Å². The molecule has 0 aliphatic rings. The fraction of sp³-hybridized carbons (Fsp3) is 0.250. The number of alkyl halides is 3. The van der Waals surface area contributed by atoms with Crippen molar-refractivity contribution in [2.24, 2.45) is 0 Å². The summed E-state index contributed by atoms with van der Waals surface area (Å²) in [5.74, 6) is -1.78. The number of nitrogens with one attached hydrogen (secondary N) is 2. The Kier molecular flexibility index (Phi) is 5.57. The molecule has 0 fully saturated rings. The normalized spacial score (nSPS) is 10.5. The van der Waals surface area contributed by atoms with E-state index in [0.29, 0.717) is 0 Å². The van der Waals surface area contributed by atoms with Crippen LogP contribution in [0.25, 0.3) is 0 Å². The minimum Gasteiger partial charge on any atom is -0.481 e. The molecular weight excluding hydrogens is 307 g/mol. The monoisotopic (exact) mass is 317 g/mol. The number of urea groups is 1. The second-order valence-electron chi connectivity index (χ2n) is 3.90. The number of nitriles is 1. The molecule has 1 rings (SSSR count). The van der Waals surface area contributed by atoms with E-state index < -0.39 is 29.7 Å². The fourth-order valence-electron chi connectivity index (χ4n) is 1.37.